The Kier molecular flexibility index (Phi) is 8.32. The van der Waals surface area contributed by atoms with Crippen molar-refractivity contribution in [2.45, 2.75) is 31.2 Å². The number of hydrogen-bond acceptors (Lipinski definition) is 6. The summed E-state index contributed by atoms with van der Waals surface area (Å²) >= 11 is 1.41. The van der Waals surface area contributed by atoms with Crippen LogP contribution in [0, 0.1) is 6.92 Å². The first-order valence-corrected chi connectivity index (χ1v) is 12.7. The molecule has 0 bridgehead atoms. The van der Waals surface area contributed by atoms with Crippen LogP contribution in [-0.2, 0) is 21.4 Å². The smallest absolute Gasteiger partial charge is 0.303 e. The Morgan fingerprint density at radius 1 is 1.03 bits per heavy atom. The number of benzene rings is 2. The second kappa shape index (κ2) is 11.2. The molecule has 1 amide bonds. The monoisotopic (exact) mass is 499 g/mol. The molecule has 0 atom stereocenters. The van der Waals surface area contributed by atoms with E-state index in [0.29, 0.717) is 11.3 Å². The van der Waals surface area contributed by atoms with E-state index in [9.17, 15) is 18.0 Å². The van der Waals surface area contributed by atoms with Crippen molar-refractivity contribution >= 4 is 38.9 Å². The summed E-state index contributed by atoms with van der Waals surface area (Å²) in [5.41, 5.74) is 5.01. The van der Waals surface area contributed by atoms with Crippen LogP contribution in [0.3, 0.4) is 0 Å². The van der Waals surface area contributed by atoms with Crippen LogP contribution in [0.5, 0.6) is 0 Å². The number of thiophene rings is 1. The number of amides is 1. The summed E-state index contributed by atoms with van der Waals surface area (Å²) in [5, 5.41) is 14.9. The van der Waals surface area contributed by atoms with Crippen LogP contribution in [0.25, 0.3) is 0 Å². The minimum Gasteiger partial charge on any atom is -0.481 e. The zero-order valence-corrected chi connectivity index (χ0v) is 20.4. The number of aryl methyl sites for hydroxylation is 1. The van der Waals surface area contributed by atoms with Crippen LogP contribution in [0.2, 0.25) is 0 Å². The third-order valence-electron chi connectivity index (χ3n) is 5.02. The second-order valence-electron chi connectivity index (χ2n) is 7.64. The number of rotatable bonds is 10. The van der Waals surface area contributed by atoms with Gasteiger partial charge < -0.3 is 5.11 Å². The molecular weight excluding hydrogens is 474 g/mol. The average molecular weight is 500 g/mol. The summed E-state index contributed by atoms with van der Waals surface area (Å²) < 4.78 is 26.8. The van der Waals surface area contributed by atoms with Gasteiger partial charge in [0.1, 0.15) is 0 Å². The van der Waals surface area contributed by atoms with Gasteiger partial charge in [-0.1, -0.05) is 35.9 Å². The summed E-state index contributed by atoms with van der Waals surface area (Å²) in [4.78, 5) is 24.4. The molecule has 0 radical (unpaired) electrons. The minimum absolute atomic E-state index is 0.0969. The van der Waals surface area contributed by atoms with E-state index in [0.717, 1.165) is 16.0 Å². The van der Waals surface area contributed by atoms with E-state index in [1.165, 1.54) is 22.7 Å². The van der Waals surface area contributed by atoms with E-state index < -0.39 is 21.9 Å². The van der Waals surface area contributed by atoms with Gasteiger partial charge in [-0.25, -0.2) is 13.8 Å². The van der Waals surface area contributed by atoms with Crippen molar-refractivity contribution in [3.05, 3.63) is 87.6 Å². The fourth-order valence-corrected chi connectivity index (χ4v) is 4.98. The molecule has 0 fully saturated rings. The highest BCUT2D eigenvalue weighted by Gasteiger charge is 2.20. The highest BCUT2D eigenvalue weighted by Crippen LogP contribution is 2.18. The Bertz CT molecular complexity index is 1270. The molecule has 2 aromatic carbocycles. The molecule has 0 spiro atoms. The van der Waals surface area contributed by atoms with Crippen LogP contribution in [-0.4, -0.2) is 42.5 Å². The molecule has 2 N–H and O–H groups in total. The average Bonchev–Trinajstić information content (AvgIpc) is 3.34. The molecule has 0 unspecified atom stereocenters. The van der Waals surface area contributed by atoms with E-state index in [1.54, 1.807) is 48.5 Å². The van der Waals surface area contributed by atoms with E-state index in [1.807, 2.05) is 24.4 Å². The molecular formula is C24H25N3O5S2. The van der Waals surface area contributed by atoms with Gasteiger partial charge in [-0.05, 0) is 48.2 Å². The molecule has 178 valence electrons. The maximum atomic E-state index is 12.8. The van der Waals surface area contributed by atoms with Crippen molar-refractivity contribution in [3.8, 4) is 0 Å². The van der Waals surface area contributed by atoms with E-state index >= 15 is 0 Å². The van der Waals surface area contributed by atoms with Gasteiger partial charge in [-0.3, -0.25) is 9.59 Å². The summed E-state index contributed by atoms with van der Waals surface area (Å²) in [6.45, 7) is 2.04. The lowest BCUT2D eigenvalue weighted by molar-refractivity contribution is -0.136. The first-order chi connectivity index (χ1) is 16.2. The number of hydrazone groups is 1. The summed E-state index contributed by atoms with van der Waals surface area (Å²) in [7, 11) is -2.13. The molecule has 10 heteroatoms. The number of aliphatic carboxylic acids is 1. The summed E-state index contributed by atoms with van der Waals surface area (Å²) in [5.74, 6) is -1.39. The maximum absolute atomic E-state index is 12.8. The van der Waals surface area contributed by atoms with Gasteiger partial charge in [0.25, 0.3) is 5.91 Å². The lowest BCUT2D eigenvalue weighted by Gasteiger charge is -2.17. The zero-order chi connectivity index (χ0) is 24.7. The Morgan fingerprint density at radius 3 is 2.29 bits per heavy atom. The SMILES string of the molecule is Cc1ccc(S(=O)(=O)N(C)Cc2ccc(C(=O)NN=C(CCC(=O)O)c3cccs3)cc2)cc1. The van der Waals surface area contributed by atoms with E-state index in [-0.39, 0.29) is 24.3 Å². The first-order valence-electron chi connectivity index (χ1n) is 10.4. The fraction of sp³-hybridized carbons (Fsp3) is 0.208. The fourth-order valence-electron chi connectivity index (χ4n) is 3.08. The molecule has 3 aromatic rings. The number of carboxylic acids is 1. The minimum atomic E-state index is -3.64. The molecule has 1 heterocycles. The quantitative estimate of drug-likeness (QED) is 0.324. The predicted octanol–water partition coefficient (Wildman–Crippen LogP) is 3.88. The van der Waals surface area contributed by atoms with Crippen molar-refractivity contribution < 1.29 is 23.1 Å². The molecule has 3 rings (SSSR count). The molecule has 0 saturated heterocycles. The van der Waals surface area contributed by atoms with Crippen molar-refractivity contribution in [2.24, 2.45) is 5.10 Å². The Balaban J connectivity index is 1.66. The number of carboxylic acid groups (broad SMARTS) is 1. The highest BCUT2D eigenvalue weighted by atomic mass is 32.2. The van der Waals surface area contributed by atoms with Gasteiger partial charge in [-0.15, -0.1) is 11.3 Å². The predicted molar refractivity (Wildman–Crippen MR) is 131 cm³/mol. The Morgan fingerprint density at radius 2 is 1.71 bits per heavy atom. The topological polar surface area (TPSA) is 116 Å². The molecule has 8 nitrogen and oxygen atoms in total. The number of carbonyl (C=O) groups excluding carboxylic acids is 1. The van der Waals surface area contributed by atoms with Crippen LogP contribution in [0.1, 0.15) is 39.2 Å². The number of sulfonamides is 1. The largest absolute Gasteiger partial charge is 0.481 e. The van der Waals surface area contributed by atoms with Crippen molar-refractivity contribution in [2.75, 3.05) is 7.05 Å². The van der Waals surface area contributed by atoms with E-state index in [4.69, 9.17) is 5.11 Å². The van der Waals surface area contributed by atoms with Crippen molar-refractivity contribution in [1.82, 2.24) is 9.73 Å². The number of nitrogens with one attached hydrogen (secondary N) is 1. The van der Waals surface area contributed by atoms with Crippen molar-refractivity contribution in [3.63, 3.8) is 0 Å². The molecule has 0 saturated carbocycles. The van der Waals surface area contributed by atoms with Gasteiger partial charge in [0, 0.05) is 25.6 Å². The van der Waals surface area contributed by atoms with Crippen LogP contribution >= 0.6 is 11.3 Å². The number of hydrogen-bond donors (Lipinski definition) is 2. The van der Waals surface area contributed by atoms with Crippen LogP contribution in [0.4, 0.5) is 0 Å². The molecule has 0 aliphatic carbocycles. The number of nitrogens with zero attached hydrogens (tertiary/aromatic N) is 2. The van der Waals surface area contributed by atoms with Gasteiger partial charge in [0.15, 0.2) is 0 Å². The maximum Gasteiger partial charge on any atom is 0.303 e. The number of carbonyl (C=O) groups is 2. The molecule has 34 heavy (non-hydrogen) atoms. The molecule has 0 aliphatic heterocycles. The van der Waals surface area contributed by atoms with E-state index in [2.05, 4.69) is 10.5 Å². The third-order valence-corrected chi connectivity index (χ3v) is 7.76. The first kappa shape index (κ1) is 25.3. The second-order valence-corrected chi connectivity index (χ2v) is 10.6. The van der Waals surface area contributed by atoms with Gasteiger partial charge in [0.2, 0.25) is 10.0 Å². The third kappa shape index (κ3) is 6.60. The van der Waals surface area contributed by atoms with Gasteiger partial charge in [0.05, 0.1) is 21.9 Å². The van der Waals surface area contributed by atoms with Gasteiger partial charge >= 0.3 is 5.97 Å². The summed E-state index contributed by atoms with van der Waals surface area (Å²) in [6.07, 6.45) is 0.0944. The lowest BCUT2D eigenvalue weighted by atomic mass is 10.1. The molecule has 1 aromatic heterocycles. The molecule has 0 aliphatic rings. The van der Waals surface area contributed by atoms with Crippen LogP contribution in [0.15, 0.2) is 76.0 Å². The summed E-state index contributed by atoms with van der Waals surface area (Å²) in [6, 6.07) is 16.9. The Labute approximate surface area is 202 Å². The lowest BCUT2D eigenvalue weighted by Crippen LogP contribution is -2.26. The highest BCUT2D eigenvalue weighted by molar-refractivity contribution is 7.89. The van der Waals surface area contributed by atoms with Crippen molar-refractivity contribution in [1.29, 1.82) is 0 Å². The normalized spacial score (nSPS) is 12.0. The standard InChI is InChI=1S/C24H25N3O5S2/c1-17-5-11-20(12-6-17)34(31,32)27(2)16-18-7-9-19(10-8-18)24(30)26-25-21(13-14-23(28)29)22-4-3-15-33-22/h3-12,15H,13-14,16H2,1-2H3,(H,26,30)(H,28,29). The van der Waals surface area contributed by atoms with Gasteiger partial charge in [-0.2, -0.15) is 9.41 Å². The Hall–Kier alpha value is -3.34. The van der Waals surface area contributed by atoms with Crippen LogP contribution < -0.4 is 5.43 Å². The zero-order valence-electron chi connectivity index (χ0n) is 18.8.